The Kier molecular flexibility index (Phi) is 5.66. The van der Waals surface area contributed by atoms with Crippen molar-refractivity contribution in [2.45, 2.75) is 27.2 Å². The summed E-state index contributed by atoms with van der Waals surface area (Å²) in [6, 6.07) is 10.7. The molecule has 2 aromatic heterocycles. The quantitative estimate of drug-likeness (QED) is 0.587. The van der Waals surface area contributed by atoms with E-state index in [9.17, 15) is 4.79 Å². The molecule has 138 valence electrons. The highest BCUT2D eigenvalue weighted by atomic mass is 32.1. The zero-order valence-electron chi connectivity index (χ0n) is 15.5. The van der Waals surface area contributed by atoms with Gasteiger partial charge in [-0.05, 0) is 62.7 Å². The molecule has 0 aliphatic heterocycles. The van der Waals surface area contributed by atoms with Crippen molar-refractivity contribution >= 4 is 34.9 Å². The fourth-order valence-electron chi connectivity index (χ4n) is 2.79. The summed E-state index contributed by atoms with van der Waals surface area (Å²) in [4.78, 5) is 22.6. The number of aryl methyl sites for hydroxylation is 1. The molecule has 0 atom stereocenters. The lowest BCUT2D eigenvalue weighted by atomic mass is 10.1. The molecule has 0 aliphatic rings. The maximum Gasteiger partial charge on any atom is 0.335 e. The van der Waals surface area contributed by atoms with Gasteiger partial charge < -0.3 is 10.4 Å². The molecular formula is C21H21N3O2S. The number of allylic oxidation sites excluding steroid dienone is 1. The fourth-order valence-corrected chi connectivity index (χ4v) is 3.71. The number of nitrogens with one attached hydrogen (secondary N) is 1. The van der Waals surface area contributed by atoms with Crippen molar-refractivity contribution in [3.63, 3.8) is 0 Å². The molecule has 1 aromatic carbocycles. The standard InChI is InChI=1S/C21H21N3O2S/c1-4-6-16-11-12-18(27-16)20-22-13(3)17(5-2)19(24-20)23-15-9-7-14(8-10-15)21(25)26/h4,6-12H,5H2,1-3H3,(H,25,26)(H,22,23,24)/b6-4-. The highest BCUT2D eigenvalue weighted by Gasteiger charge is 2.13. The van der Waals surface area contributed by atoms with Crippen LogP contribution in [0.1, 0.15) is 40.3 Å². The summed E-state index contributed by atoms with van der Waals surface area (Å²) in [5.74, 6) is 0.504. The van der Waals surface area contributed by atoms with Crippen LogP contribution in [0.2, 0.25) is 0 Å². The van der Waals surface area contributed by atoms with Gasteiger partial charge in [0.05, 0.1) is 10.4 Å². The Labute approximate surface area is 162 Å². The molecule has 27 heavy (non-hydrogen) atoms. The predicted octanol–water partition coefficient (Wildman–Crippen LogP) is 5.55. The van der Waals surface area contributed by atoms with Crippen molar-refractivity contribution < 1.29 is 9.90 Å². The van der Waals surface area contributed by atoms with Crippen LogP contribution in [0.4, 0.5) is 11.5 Å². The summed E-state index contributed by atoms with van der Waals surface area (Å²) in [7, 11) is 0. The topological polar surface area (TPSA) is 75.1 Å². The molecule has 0 bridgehead atoms. The molecule has 0 saturated heterocycles. The minimum Gasteiger partial charge on any atom is -0.478 e. The van der Waals surface area contributed by atoms with E-state index in [0.29, 0.717) is 5.82 Å². The number of hydrogen-bond donors (Lipinski definition) is 2. The van der Waals surface area contributed by atoms with Crippen molar-refractivity contribution in [3.05, 3.63) is 64.2 Å². The van der Waals surface area contributed by atoms with Crippen molar-refractivity contribution in [2.75, 3.05) is 5.32 Å². The van der Waals surface area contributed by atoms with Crippen LogP contribution >= 0.6 is 11.3 Å². The van der Waals surface area contributed by atoms with Crippen LogP contribution in [0.5, 0.6) is 0 Å². The molecule has 0 saturated carbocycles. The molecule has 0 unspecified atom stereocenters. The molecule has 0 spiro atoms. The number of carboxylic acids is 1. The normalized spacial score (nSPS) is 11.1. The van der Waals surface area contributed by atoms with E-state index in [0.717, 1.165) is 38.9 Å². The maximum absolute atomic E-state index is 11.0. The molecule has 0 radical (unpaired) electrons. The largest absolute Gasteiger partial charge is 0.478 e. The number of nitrogens with zero attached hydrogens (tertiary/aromatic N) is 2. The van der Waals surface area contributed by atoms with Gasteiger partial charge >= 0.3 is 5.97 Å². The third-order valence-electron chi connectivity index (χ3n) is 4.14. The maximum atomic E-state index is 11.0. The number of hydrogen-bond acceptors (Lipinski definition) is 5. The number of aromatic nitrogens is 2. The summed E-state index contributed by atoms with van der Waals surface area (Å²) >= 11 is 1.65. The van der Waals surface area contributed by atoms with Crippen LogP contribution in [0.25, 0.3) is 16.8 Å². The van der Waals surface area contributed by atoms with E-state index in [1.807, 2.05) is 26.0 Å². The van der Waals surface area contributed by atoms with E-state index in [1.165, 1.54) is 0 Å². The summed E-state index contributed by atoms with van der Waals surface area (Å²) in [6.45, 7) is 6.05. The highest BCUT2D eigenvalue weighted by molar-refractivity contribution is 7.16. The van der Waals surface area contributed by atoms with Gasteiger partial charge in [-0.1, -0.05) is 13.0 Å². The molecule has 0 amide bonds. The molecule has 0 aliphatic carbocycles. The minimum atomic E-state index is -0.939. The van der Waals surface area contributed by atoms with Crippen LogP contribution in [-0.4, -0.2) is 21.0 Å². The Morgan fingerprint density at radius 1 is 1.19 bits per heavy atom. The van der Waals surface area contributed by atoms with Crippen molar-refractivity contribution in [1.29, 1.82) is 0 Å². The van der Waals surface area contributed by atoms with Crippen molar-refractivity contribution in [3.8, 4) is 10.7 Å². The lowest BCUT2D eigenvalue weighted by molar-refractivity contribution is 0.0697. The van der Waals surface area contributed by atoms with E-state index >= 15 is 0 Å². The van der Waals surface area contributed by atoms with Crippen molar-refractivity contribution in [2.24, 2.45) is 0 Å². The second-order valence-electron chi connectivity index (χ2n) is 6.02. The number of carboxylic acid groups (broad SMARTS) is 1. The van der Waals surface area contributed by atoms with Gasteiger partial charge in [-0.2, -0.15) is 0 Å². The van der Waals surface area contributed by atoms with E-state index in [2.05, 4.69) is 29.4 Å². The SMILES string of the molecule is C/C=C\c1ccc(-c2nc(C)c(CC)c(Nc3ccc(C(=O)O)cc3)n2)s1. The zero-order chi connectivity index (χ0) is 19.4. The number of aromatic carboxylic acids is 1. The second-order valence-corrected chi connectivity index (χ2v) is 7.14. The zero-order valence-corrected chi connectivity index (χ0v) is 16.3. The van der Waals surface area contributed by atoms with Crippen LogP contribution in [0.3, 0.4) is 0 Å². The van der Waals surface area contributed by atoms with E-state index < -0.39 is 5.97 Å². The summed E-state index contributed by atoms with van der Waals surface area (Å²) < 4.78 is 0. The molecule has 0 fully saturated rings. The van der Waals surface area contributed by atoms with E-state index in [-0.39, 0.29) is 5.56 Å². The van der Waals surface area contributed by atoms with Gasteiger partial charge in [-0.3, -0.25) is 0 Å². The summed E-state index contributed by atoms with van der Waals surface area (Å²) in [5.41, 5.74) is 3.03. The van der Waals surface area contributed by atoms with Crippen molar-refractivity contribution in [1.82, 2.24) is 9.97 Å². The third kappa shape index (κ3) is 4.23. The van der Waals surface area contributed by atoms with Gasteiger partial charge in [0.25, 0.3) is 0 Å². The molecule has 2 heterocycles. The number of benzene rings is 1. The van der Waals surface area contributed by atoms with Gasteiger partial charge in [0, 0.05) is 21.8 Å². The van der Waals surface area contributed by atoms with Gasteiger partial charge in [0.15, 0.2) is 5.82 Å². The molecule has 2 N–H and O–H groups in total. The summed E-state index contributed by atoms with van der Waals surface area (Å²) in [5, 5.41) is 12.4. The Morgan fingerprint density at radius 2 is 1.93 bits per heavy atom. The van der Waals surface area contributed by atoms with Crippen LogP contribution in [-0.2, 0) is 6.42 Å². The van der Waals surface area contributed by atoms with Gasteiger partial charge in [-0.25, -0.2) is 14.8 Å². The minimum absolute atomic E-state index is 0.255. The average molecular weight is 379 g/mol. The first-order valence-electron chi connectivity index (χ1n) is 8.72. The Bertz CT molecular complexity index is 991. The monoisotopic (exact) mass is 379 g/mol. The Balaban J connectivity index is 1.97. The second kappa shape index (κ2) is 8.14. The third-order valence-corrected chi connectivity index (χ3v) is 5.19. The fraction of sp³-hybridized carbons (Fsp3) is 0.190. The van der Waals surface area contributed by atoms with E-state index in [4.69, 9.17) is 10.1 Å². The molecule has 5 nitrogen and oxygen atoms in total. The van der Waals surface area contributed by atoms with Gasteiger partial charge in [-0.15, -0.1) is 11.3 Å². The van der Waals surface area contributed by atoms with E-state index in [1.54, 1.807) is 35.6 Å². The first-order valence-corrected chi connectivity index (χ1v) is 9.54. The van der Waals surface area contributed by atoms with Crippen LogP contribution < -0.4 is 5.32 Å². The smallest absolute Gasteiger partial charge is 0.335 e. The lowest BCUT2D eigenvalue weighted by Gasteiger charge is -2.13. The number of anilines is 2. The Morgan fingerprint density at radius 3 is 2.56 bits per heavy atom. The first-order chi connectivity index (χ1) is 13.0. The number of rotatable bonds is 6. The lowest BCUT2D eigenvalue weighted by Crippen LogP contribution is -2.05. The predicted molar refractivity (Wildman–Crippen MR) is 111 cm³/mol. The molecule has 6 heteroatoms. The molecule has 3 aromatic rings. The molecular weight excluding hydrogens is 358 g/mol. The Hall–Kier alpha value is -2.99. The average Bonchev–Trinajstić information content (AvgIpc) is 3.11. The first kappa shape index (κ1) is 18.8. The van der Waals surface area contributed by atoms with Gasteiger partial charge in [0.1, 0.15) is 5.82 Å². The summed E-state index contributed by atoms with van der Waals surface area (Å²) in [6.07, 6.45) is 4.87. The number of carbonyl (C=O) groups is 1. The number of thiophene rings is 1. The van der Waals surface area contributed by atoms with Gasteiger partial charge in [0.2, 0.25) is 0 Å². The van der Waals surface area contributed by atoms with Crippen LogP contribution in [0, 0.1) is 6.92 Å². The van der Waals surface area contributed by atoms with Crippen LogP contribution in [0.15, 0.2) is 42.5 Å². The highest BCUT2D eigenvalue weighted by Crippen LogP contribution is 2.30. The molecule has 3 rings (SSSR count).